The first-order valence-electron chi connectivity index (χ1n) is 7.57. The van der Waals surface area contributed by atoms with Crippen LogP contribution in [0, 0.1) is 0 Å². The fourth-order valence-corrected chi connectivity index (χ4v) is 2.36. The maximum absolute atomic E-state index is 11.7. The van der Waals surface area contributed by atoms with E-state index in [1.807, 2.05) is 17.7 Å². The molecule has 0 spiro atoms. The molecule has 0 atom stereocenters. The maximum Gasteiger partial charge on any atom is 0.409 e. The first-order chi connectivity index (χ1) is 10.7. The number of guanidine groups is 1. The van der Waals surface area contributed by atoms with Crippen molar-refractivity contribution in [1.82, 2.24) is 24.7 Å². The van der Waals surface area contributed by atoms with Gasteiger partial charge in [-0.2, -0.15) is 0 Å². The molecule has 8 nitrogen and oxygen atoms in total. The third-order valence-corrected chi connectivity index (χ3v) is 3.53. The number of ether oxygens (including phenoxy) is 1. The summed E-state index contributed by atoms with van der Waals surface area (Å²) in [6.45, 7) is 6.66. The highest BCUT2D eigenvalue weighted by Gasteiger charge is 2.23. The quantitative estimate of drug-likeness (QED) is 0.431. The van der Waals surface area contributed by atoms with E-state index in [-0.39, 0.29) is 30.1 Å². The van der Waals surface area contributed by atoms with Crippen LogP contribution in [0.5, 0.6) is 0 Å². The SMILES string of the molecule is CCOC(=O)N1CCN(C(=NC)NCCn2ccnc2)CC1.I. The highest BCUT2D eigenvalue weighted by atomic mass is 127. The average molecular weight is 436 g/mol. The highest BCUT2D eigenvalue weighted by molar-refractivity contribution is 14.0. The Labute approximate surface area is 153 Å². The van der Waals surface area contributed by atoms with Gasteiger partial charge in [0.05, 0.1) is 12.9 Å². The van der Waals surface area contributed by atoms with Crippen molar-refractivity contribution >= 4 is 36.0 Å². The maximum atomic E-state index is 11.7. The molecule has 130 valence electrons. The number of rotatable bonds is 4. The van der Waals surface area contributed by atoms with E-state index in [1.54, 1.807) is 24.5 Å². The normalized spacial score (nSPS) is 15.1. The minimum absolute atomic E-state index is 0. The smallest absolute Gasteiger partial charge is 0.409 e. The van der Waals surface area contributed by atoms with Crippen molar-refractivity contribution in [2.24, 2.45) is 4.99 Å². The summed E-state index contributed by atoms with van der Waals surface area (Å²) >= 11 is 0. The molecule has 9 heteroatoms. The number of nitrogens with one attached hydrogen (secondary N) is 1. The molecule has 2 heterocycles. The molecule has 0 aromatic carbocycles. The number of amides is 1. The predicted octanol–water partition coefficient (Wildman–Crippen LogP) is 0.851. The molecule has 2 rings (SSSR count). The zero-order chi connectivity index (χ0) is 15.8. The topological polar surface area (TPSA) is 75.0 Å². The lowest BCUT2D eigenvalue weighted by atomic mass is 10.3. The van der Waals surface area contributed by atoms with E-state index in [1.165, 1.54) is 0 Å². The largest absolute Gasteiger partial charge is 0.450 e. The molecule has 0 unspecified atom stereocenters. The van der Waals surface area contributed by atoms with Crippen LogP contribution in [-0.4, -0.2) is 77.8 Å². The summed E-state index contributed by atoms with van der Waals surface area (Å²) in [6.07, 6.45) is 5.26. The van der Waals surface area contributed by atoms with Crippen LogP contribution in [0.1, 0.15) is 6.92 Å². The number of aliphatic imine (C=N–C) groups is 1. The fourth-order valence-electron chi connectivity index (χ4n) is 2.36. The predicted molar refractivity (Wildman–Crippen MR) is 99.2 cm³/mol. The Kier molecular flexibility index (Phi) is 8.74. The van der Waals surface area contributed by atoms with Crippen molar-refractivity contribution in [3.05, 3.63) is 18.7 Å². The first kappa shape index (κ1) is 19.5. The summed E-state index contributed by atoms with van der Waals surface area (Å²) in [6, 6.07) is 0. The van der Waals surface area contributed by atoms with E-state index in [2.05, 4.69) is 20.2 Å². The summed E-state index contributed by atoms with van der Waals surface area (Å²) in [4.78, 5) is 23.9. The van der Waals surface area contributed by atoms with Gasteiger partial charge >= 0.3 is 6.09 Å². The number of imidazole rings is 1. The number of aromatic nitrogens is 2. The number of hydrogen-bond acceptors (Lipinski definition) is 4. The van der Waals surface area contributed by atoms with Gasteiger partial charge in [0.1, 0.15) is 0 Å². The lowest BCUT2D eigenvalue weighted by Crippen LogP contribution is -2.54. The summed E-state index contributed by atoms with van der Waals surface area (Å²) in [5, 5.41) is 3.34. The van der Waals surface area contributed by atoms with E-state index >= 15 is 0 Å². The van der Waals surface area contributed by atoms with Crippen LogP contribution < -0.4 is 5.32 Å². The van der Waals surface area contributed by atoms with Crippen LogP contribution in [0.2, 0.25) is 0 Å². The second kappa shape index (κ2) is 10.3. The molecular formula is C14H25IN6O2. The number of hydrogen-bond donors (Lipinski definition) is 1. The van der Waals surface area contributed by atoms with Gasteiger partial charge in [0.25, 0.3) is 0 Å². The number of halogens is 1. The Morgan fingerprint density at radius 3 is 2.57 bits per heavy atom. The number of carbonyl (C=O) groups is 1. The summed E-state index contributed by atoms with van der Waals surface area (Å²) in [5.41, 5.74) is 0. The second-order valence-electron chi connectivity index (χ2n) is 4.95. The van der Waals surface area contributed by atoms with Gasteiger partial charge in [0, 0.05) is 58.7 Å². The average Bonchev–Trinajstić information content (AvgIpc) is 3.05. The van der Waals surface area contributed by atoms with Gasteiger partial charge in [-0.05, 0) is 6.92 Å². The van der Waals surface area contributed by atoms with Gasteiger partial charge in [-0.3, -0.25) is 4.99 Å². The van der Waals surface area contributed by atoms with Gasteiger partial charge in [-0.15, -0.1) is 24.0 Å². The second-order valence-corrected chi connectivity index (χ2v) is 4.95. The van der Waals surface area contributed by atoms with Crippen molar-refractivity contribution < 1.29 is 9.53 Å². The standard InChI is InChI=1S/C14H24N6O2.HI/c1-3-22-14(21)20-10-8-19(9-11-20)13(15-2)17-5-7-18-6-4-16-12-18;/h4,6,12H,3,5,7-11H2,1-2H3,(H,15,17);1H. The van der Waals surface area contributed by atoms with Crippen LogP contribution in [0.15, 0.2) is 23.7 Å². The van der Waals surface area contributed by atoms with Crippen molar-refractivity contribution in [3.8, 4) is 0 Å². The zero-order valence-corrected chi connectivity index (χ0v) is 16.0. The Morgan fingerprint density at radius 1 is 1.30 bits per heavy atom. The summed E-state index contributed by atoms with van der Waals surface area (Å²) in [7, 11) is 1.78. The van der Waals surface area contributed by atoms with Gasteiger partial charge in [-0.1, -0.05) is 0 Å². The van der Waals surface area contributed by atoms with Crippen LogP contribution in [0.25, 0.3) is 0 Å². The first-order valence-corrected chi connectivity index (χ1v) is 7.57. The van der Waals surface area contributed by atoms with E-state index in [0.29, 0.717) is 19.7 Å². The minimum Gasteiger partial charge on any atom is -0.450 e. The van der Waals surface area contributed by atoms with Crippen molar-refractivity contribution in [2.75, 3.05) is 46.4 Å². The third kappa shape index (κ3) is 5.88. The van der Waals surface area contributed by atoms with E-state index in [0.717, 1.165) is 32.1 Å². The molecule has 0 bridgehead atoms. The summed E-state index contributed by atoms with van der Waals surface area (Å²) < 4.78 is 7.04. The Bertz CT molecular complexity index is 485. The molecule has 0 aliphatic carbocycles. The van der Waals surface area contributed by atoms with Gasteiger partial charge in [0.2, 0.25) is 0 Å². The number of carbonyl (C=O) groups excluding carboxylic acids is 1. The molecule has 1 aromatic rings. The molecule has 1 aliphatic heterocycles. The number of piperazine rings is 1. The van der Waals surface area contributed by atoms with Gasteiger partial charge < -0.3 is 24.4 Å². The molecule has 1 saturated heterocycles. The van der Waals surface area contributed by atoms with Gasteiger partial charge in [0.15, 0.2) is 5.96 Å². The molecule has 1 N–H and O–H groups in total. The van der Waals surface area contributed by atoms with Crippen molar-refractivity contribution in [3.63, 3.8) is 0 Å². The van der Waals surface area contributed by atoms with Crippen molar-refractivity contribution in [1.29, 1.82) is 0 Å². The van der Waals surface area contributed by atoms with Crippen LogP contribution in [-0.2, 0) is 11.3 Å². The van der Waals surface area contributed by atoms with Crippen molar-refractivity contribution in [2.45, 2.75) is 13.5 Å². The minimum atomic E-state index is -0.231. The monoisotopic (exact) mass is 436 g/mol. The molecule has 0 radical (unpaired) electrons. The van der Waals surface area contributed by atoms with Crippen LogP contribution in [0.3, 0.4) is 0 Å². The molecule has 23 heavy (non-hydrogen) atoms. The fraction of sp³-hybridized carbons (Fsp3) is 0.643. The van der Waals surface area contributed by atoms with E-state index in [4.69, 9.17) is 4.74 Å². The molecule has 0 saturated carbocycles. The highest BCUT2D eigenvalue weighted by Crippen LogP contribution is 2.04. The van der Waals surface area contributed by atoms with Crippen LogP contribution in [0.4, 0.5) is 4.79 Å². The molecule has 1 aliphatic rings. The Hall–Kier alpha value is -1.52. The molecule has 1 amide bonds. The van der Waals surface area contributed by atoms with Crippen LogP contribution >= 0.6 is 24.0 Å². The Balaban J connectivity index is 0.00000264. The molecule has 1 fully saturated rings. The zero-order valence-electron chi connectivity index (χ0n) is 13.6. The summed E-state index contributed by atoms with van der Waals surface area (Å²) in [5.74, 6) is 0.864. The molecule has 1 aromatic heterocycles. The third-order valence-electron chi connectivity index (χ3n) is 3.53. The van der Waals surface area contributed by atoms with Gasteiger partial charge in [-0.25, -0.2) is 9.78 Å². The van der Waals surface area contributed by atoms with E-state index < -0.39 is 0 Å². The lowest BCUT2D eigenvalue weighted by molar-refractivity contribution is 0.0914. The molecular weight excluding hydrogens is 411 g/mol. The van der Waals surface area contributed by atoms with E-state index in [9.17, 15) is 4.79 Å². The Morgan fingerprint density at radius 2 is 2.00 bits per heavy atom. The number of nitrogens with zero attached hydrogens (tertiary/aromatic N) is 5. The lowest BCUT2D eigenvalue weighted by Gasteiger charge is -2.35.